The van der Waals surface area contributed by atoms with Gasteiger partial charge in [-0.2, -0.15) is 0 Å². The van der Waals surface area contributed by atoms with Crippen molar-refractivity contribution in [3.63, 3.8) is 0 Å². The van der Waals surface area contributed by atoms with E-state index in [9.17, 15) is 14.4 Å². The summed E-state index contributed by atoms with van der Waals surface area (Å²) in [6.07, 6.45) is -0.896. The first-order valence-electron chi connectivity index (χ1n) is 9.06. The number of rotatable bonds is 4. The number of fused-ring (bicyclic) bond motifs is 3. The molecule has 0 saturated carbocycles. The maximum atomic E-state index is 12.4. The van der Waals surface area contributed by atoms with Gasteiger partial charge in [-0.25, -0.2) is 4.79 Å². The van der Waals surface area contributed by atoms with E-state index in [4.69, 9.17) is 9.47 Å². The zero-order valence-electron chi connectivity index (χ0n) is 15.6. The number of carbonyl (C=O) groups excluding carboxylic acids is 3. The van der Waals surface area contributed by atoms with Crippen LogP contribution in [0.15, 0.2) is 42.5 Å². The van der Waals surface area contributed by atoms with E-state index in [0.717, 1.165) is 11.1 Å². The van der Waals surface area contributed by atoms with Crippen LogP contribution in [0.1, 0.15) is 24.2 Å². The molecule has 0 spiro atoms. The second-order valence-electron chi connectivity index (χ2n) is 6.92. The zero-order valence-corrected chi connectivity index (χ0v) is 15.6. The summed E-state index contributed by atoms with van der Waals surface area (Å²) in [5.41, 5.74) is 3.18. The van der Waals surface area contributed by atoms with E-state index in [1.54, 1.807) is 17.0 Å². The number of amides is 2. The number of carbonyl (C=O) groups is 3. The number of Topliss-reactive ketones (excluding diaryl/α,β-unsaturated/α-hetero) is 1. The van der Waals surface area contributed by atoms with Crippen molar-refractivity contribution in [2.45, 2.75) is 26.0 Å². The fraction of sp³-hybridized carbons (Fsp3) is 0.286. The molecule has 0 aliphatic carbocycles. The Morgan fingerprint density at radius 1 is 1.11 bits per heavy atom. The van der Waals surface area contributed by atoms with Gasteiger partial charge in [-0.1, -0.05) is 30.3 Å². The Kier molecular flexibility index (Phi) is 4.50. The molecule has 0 bridgehead atoms. The highest BCUT2D eigenvalue weighted by Crippen LogP contribution is 2.40. The van der Waals surface area contributed by atoms with Crippen LogP contribution >= 0.6 is 0 Å². The first-order chi connectivity index (χ1) is 13.4. The molecular weight excluding hydrogens is 360 g/mol. The molecule has 1 fully saturated rings. The Labute approximate surface area is 162 Å². The standard InChI is InChI=1S/C21H20N2O5/c1-12(24)14-3-5-15(6-4-14)16-7-8-17-19(9-16)27-11-18-20(10-22-13(2)25)28-21(26)23(17)18/h3-9,18,20H,10-11H2,1-2H3,(H,22,25)/t18-,20-/m0/s1. The van der Waals surface area contributed by atoms with E-state index in [2.05, 4.69) is 5.32 Å². The van der Waals surface area contributed by atoms with Gasteiger partial charge in [0.15, 0.2) is 5.78 Å². The highest BCUT2D eigenvalue weighted by atomic mass is 16.6. The topological polar surface area (TPSA) is 84.9 Å². The first kappa shape index (κ1) is 18.0. The maximum absolute atomic E-state index is 12.4. The molecule has 2 heterocycles. The van der Waals surface area contributed by atoms with E-state index < -0.39 is 12.2 Å². The molecule has 7 nitrogen and oxygen atoms in total. The zero-order chi connectivity index (χ0) is 19.8. The van der Waals surface area contributed by atoms with E-state index >= 15 is 0 Å². The molecule has 2 aromatic rings. The molecule has 2 amide bonds. The molecular formula is C21H20N2O5. The number of benzene rings is 2. The third-order valence-corrected chi connectivity index (χ3v) is 5.02. The van der Waals surface area contributed by atoms with Crippen molar-refractivity contribution < 1.29 is 23.9 Å². The molecule has 2 aliphatic heterocycles. The van der Waals surface area contributed by atoms with Gasteiger partial charge in [-0.3, -0.25) is 14.5 Å². The summed E-state index contributed by atoms with van der Waals surface area (Å²) in [4.78, 5) is 36.6. The minimum Gasteiger partial charge on any atom is -0.489 e. The molecule has 4 rings (SSSR count). The molecule has 144 valence electrons. The fourth-order valence-corrected chi connectivity index (χ4v) is 3.53. The van der Waals surface area contributed by atoms with Gasteiger partial charge in [0.2, 0.25) is 5.91 Å². The number of ether oxygens (including phenoxy) is 2. The predicted octanol–water partition coefficient (Wildman–Crippen LogP) is 2.78. The van der Waals surface area contributed by atoms with Gasteiger partial charge in [-0.05, 0) is 30.2 Å². The van der Waals surface area contributed by atoms with Crippen LogP contribution in [0.2, 0.25) is 0 Å². The van der Waals surface area contributed by atoms with Crippen LogP contribution in [-0.4, -0.2) is 43.1 Å². The SMILES string of the molecule is CC(=O)NC[C@@H]1OC(=O)N2c3ccc(-c4ccc(C(C)=O)cc4)cc3OC[C@@H]12. The highest BCUT2D eigenvalue weighted by molar-refractivity contribution is 5.95. The van der Waals surface area contributed by atoms with Crippen molar-refractivity contribution in [3.8, 4) is 16.9 Å². The van der Waals surface area contributed by atoms with Crippen LogP contribution < -0.4 is 15.0 Å². The second kappa shape index (κ2) is 6.99. The first-order valence-corrected chi connectivity index (χ1v) is 9.06. The molecule has 1 saturated heterocycles. The highest BCUT2D eigenvalue weighted by Gasteiger charge is 2.46. The van der Waals surface area contributed by atoms with Crippen LogP contribution in [0, 0.1) is 0 Å². The number of anilines is 1. The minimum absolute atomic E-state index is 0.0210. The van der Waals surface area contributed by atoms with Gasteiger partial charge in [0, 0.05) is 12.5 Å². The lowest BCUT2D eigenvalue weighted by molar-refractivity contribution is -0.119. The largest absolute Gasteiger partial charge is 0.489 e. The monoisotopic (exact) mass is 380 g/mol. The Morgan fingerprint density at radius 3 is 2.50 bits per heavy atom. The number of hydrogen-bond acceptors (Lipinski definition) is 5. The van der Waals surface area contributed by atoms with Crippen LogP contribution in [0.5, 0.6) is 5.75 Å². The van der Waals surface area contributed by atoms with Gasteiger partial charge in [-0.15, -0.1) is 0 Å². The van der Waals surface area contributed by atoms with Crippen molar-refractivity contribution in [1.29, 1.82) is 0 Å². The van der Waals surface area contributed by atoms with E-state index in [-0.39, 0.29) is 30.9 Å². The third kappa shape index (κ3) is 3.19. The molecule has 0 radical (unpaired) electrons. The summed E-state index contributed by atoms with van der Waals surface area (Å²) in [7, 11) is 0. The van der Waals surface area contributed by atoms with Crippen LogP contribution in [-0.2, 0) is 9.53 Å². The Hall–Kier alpha value is -3.35. The Morgan fingerprint density at radius 2 is 1.82 bits per heavy atom. The van der Waals surface area contributed by atoms with Crippen molar-refractivity contribution in [2.75, 3.05) is 18.1 Å². The molecule has 2 aliphatic rings. The number of cyclic esters (lactones) is 1. The normalized spacial score (nSPS) is 19.9. The van der Waals surface area contributed by atoms with E-state index in [0.29, 0.717) is 17.0 Å². The molecule has 1 N–H and O–H groups in total. The van der Waals surface area contributed by atoms with Crippen LogP contribution in [0.25, 0.3) is 11.1 Å². The average molecular weight is 380 g/mol. The quantitative estimate of drug-likeness (QED) is 0.825. The van der Waals surface area contributed by atoms with Crippen LogP contribution in [0.4, 0.5) is 10.5 Å². The maximum Gasteiger partial charge on any atom is 0.415 e. The van der Waals surface area contributed by atoms with Gasteiger partial charge in [0.25, 0.3) is 0 Å². The van der Waals surface area contributed by atoms with Crippen molar-refractivity contribution in [3.05, 3.63) is 48.0 Å². The molecule has 0 unspecified atom stereocenters. The number of nitrogens with one attached hydrogen (secondary N) is 1. The minimum atomic E-state index is -0.455. The predicted molar refractivity (Wildman–Crippen MR) is 103 cm³/mol. The fourth-order valence-electron chi connectivity index (χ4n) is 3.53. The summed E-state index contributed by atoms with van der Waals surface area (Å²) in [6.45, 7) is 3.50. The van der Waals surface area contributed by atoms with Crippen molar-refractivity contribution in [1.82, 2.24) is 5.32 Å². The second-order valence-corrected chi connectivity index (χ2v) is 6.92. The number of ketones is 1. The Balaban J connectivity index is 1.59. The van der Waals surface area contributed by atoms with Crippen LogP contribution in [0.3, 0.4) is 0 Å². The lowest BCUT2D eigenvalue weighted by Crippen LogP contribution is -2.47. The lowest BCUT2D eigenvalue weighted by Gasteiger charge is -2.31. The number of nitrogens with zero attached hydrogens (tertiary/aromatic N) is 1. The van der Waals surface area contributed by atoms with Crippen molar-refractivity contribution in [2.24, 2.45) is 0 Å². The van der Waals surface area contributed by atoms with Gasteiger partial charge < -0.3 is 14.8 Å². The van der Waals surface area contributed by atoms with Gasteiger partial charge in [0.05, 0.1) is 12.2 Å². The molecule has 7 heteroatoms. The van der Waals surface area contributed by atoms with Gasteiger partial charge in [0.1, 0.15) is 24.5 Å². The molecule has 2 atom stereocenters. The van der Waals surface area contributed by atoms with E-state index in [1.807, 2.05) is 30.3 Å². The molecule has 28 heavy (non-hydrogen) atoms. The van der Waals surface area contributed by atoms with Gasteiger partial charge >= 0.3 is 6.09 Å². The molecule has 0 aromatic heterocycles. The number of hydrogen-bond donors (Lipinski definition) is 1. The average Bonchev–Trinajstić information content (AvgIpc) is 3.02. The smallest absolute Gasteiger partial charge is 0.415 e. The van der Waals surface area contributed by atoms with E-state index in [1.165, 1.54) is 13.8 Å². The Bertz CT molecular complexity index is 954. The third-order valence-electron chi connectivity index (χ3n) is 5.02. The van der Waals surface area contributed by atoms with Crippen molar-refractivity contribution >= 4 is 23.5 Å². The summed E-state index contributed by atoms with van der Waals surface area (Å²) in [5, 5.41) is 2.69. The summed E-state index contributed by atoms with van der Waals surface area (Å²) in [5.74, 6) is 0.446. The lowest BCUT2D eigenvalue weighted by atomic mass is 10.0. The molecule has 2 aromatic carbocycles. The summed E-state index contributed by atoms with van der Waals surface area (Å²) < 4.78 is 11.3. The summed E-state index contributed by atoms with van der Waals surface area (Å²) >= 11 is 0. The summed E-state index contributed by atoms with van der Waals surface area (Å²) in [6, 6.07) is 12.7.